The fraction of sp³-hybridized carbons (Fsp3) is 0.389. The lowest BCUT2D eigenvalue weighted by Crippen LogP contribution is -2.52. The van der Waals surface area contributed by atoms with Crippen LogP contribution in [0.1, 0.15) is 52.0 Å². The Kier molecular flexibility index (Phi) is 3.76. The predicted octanol–water partition coefficient (Wildman–Crippen LogP) is -0.205. The van der Waals surface area contributed by atoms with Crippen LogP contribution in [0.4, 0.5) is 0 Å². The molecule has 1 saturated heterocycles. The number of nitrogens with zero attached hydrogens (tertiary/aromatic N) is 1. The number of piperidine rings is 1. The minimum Gasteiger partial charge on any atom is -0.480 e. The van der Waals surface area contributed by atoms with E-state index in [1.807, 2.05) is 0 Å². The highest BCUT2D eigenvalue weighted by Gasteiger charge is 2.51. The second kappa shape index (κ2) is 5.90. The number of imide groups is 1. The average Bonchev–Trinajstić information content (AvgIpc) is 3.33. The number of nitrogens with one attached hydrogen (secondary N) is 2. The van der Waals surface area contributed by atoms with Gasteiger partial charge in [-0.25, -0.2) is 4.79 Å². The van der Waals surface area contributed by atoms with Gasteiger partial charge in [0.1, 0.15) is 11.6 Å². The van der Waals surface area contributed by atoms with Crippen LogP contribution >= 0.6 is 0 Å². The number of aliphatic carboxylic acids is 1. The van der Waals surface area contributed by atoms with Gasteiger partial charge in [-0.15, -0.1) is 0 Å². The second-order valence-corrected chi connectivity index (χ2v) is 7.11. The maximum atomic E-state index is 12.6. The van der Waals surface area contributed by atoms with E-state index in [0.717, 1.165) is 0 Å². The van der Waals surface area contributed by atoms with Crippen LogP contribution in [-0.4, -0.2) is 51.2 Å². The maximum absolute atomic E-state index is 12.6. The zero-order valence-electron chi connectivity index (χ0n) is 14.3. The topological polar surface area (TPSA) is 133 Å². The molecule has 1 aliphatic carbocycles. The minimum atomic E-state index is -1.19. The molecule has 3 aliphatic rings. The Hall–Kier alpha value is -3.23. The van der Waals surface area contributed by atoms with Crippen LogP contribution in [0.25, 0.3) is 0 Å². The van der Waals surface area contributed by atoms with Gasteiger partial charge in [0.15, 0.2) is 0 Å². The van der Waals surface area contributed by atoms with Crippen molar-refractivity contribution in [2.75, 3.05) is 0 Å². The molecule has 0 spiro atoms. The summed E-state index contributed by atoms with van der Waals surface area (Å²) in [6, 6.07) is 3.81. The molecule has 0 aromatic heterocycles. The van der Waals surface area contributed by atoms with Crippen LogP contribution in [0, 0.1) is 0 Å². The lowest BCUT2D eigenvalue weighted by molar-refractivity contribution is -0.140. The molecule has 3 N–H and O–H groups in total. The molecule has 1 saturated carbocycles. The molecule has 140 valence electrons. The summed E-state index contributed by atoms with van der Waals surface area (Å²) < 4.78 is 0. The number of hydrogen-bond donors (Lipinski definition) is 3. The van der Waals surface area contributed by atoms with Crippen LogP contribution in [-0.2, 0) is 20.9 Å². The first-order chi connectivity index (χ1) is 12.8. The summed E-state index contributed by atoms with van der Waals surface area (Å²) in [5, 5.41) is 14.0. The van der Waals surface area contributed by atoms with Gasteiger partial charge in [0.25, 0.3) is 11.8 Å². The first kappa shape index (κ1) is 17.2. The highest BCUT2D eigenvalue weighted by Crippen LogP contribution is 2.36. The molecule has 2 heterocycles. The van der Waals surface area contributed by atoms with Gasteiger partial charge >= 0.3 is 5.97 Å². The number of carboxylic acid groups (broad SMARTS) is 1. The van der Waals surface area contributed by atoms with Gasteiger partial charge in [-0.3, -0.25) is 24.5 Å². The van der Waals surface area contributed by atoms with Crippen molar-refractivity contribution in [1.29, 1.82) is 0 Å². The Labute approximate surface area is 153 Å². The van der Waals surface area contributed by atoms with E-state index in [2.05, 4.69) is 10.6 Å². The number of benzene rings is 1. The van der Waals surface area contributed by atoms with Crippen molar-refractivity contribution in [1.82, 2.24) is 15.5 Å². The number of carbonyl (C=O) groups is 5. The van der Waals surface area contributed by atoms with Crippen LogP contribution in [0.15, 0.2) is 18.2 Å². The summed E-state index contributed by atoms with van der Waals surface area (Å²) in [7, 11) is 0. The Balaban J connectivity index is 1.52. The lowest BCUT2D eigenvalue weighted by Gasteiger charge is -2.29. The van der Waals surface area contributed by atoms with Crippen LogP contribution < -0.4 is 10.6 Å². The SMILES string of the molecule is O=C1CCC(N2Cc3cc(C(=O)NC4(C(=O)O)CC4)ccc3C2=O)C(=O)N1. The van der Waals surface area contributed by atoms with E-state index >= 15 is 0 Å². The maximum Gasteiger partial charge on any atom is 0.329 e. The molecule has 0 radical (unpaired) electrons. The number of hydrogen-bond acceptors (Lipinski definition) is 5. The quantitative estimate of drug-likeness (QED) is 0.628. The first-order valence-electron chi connectivity index (χ1n) is 8.64. The molecule has 1 aromatic rings. The molecule has 2 fully saturated rings. The monoisotopic (exact) mass is 371 g/mol. The normalized spacial score (nSPS) is 22.9. The smallest absolute Gasteiger partial charge is 0.329 e. The Bertz CT molecular complexity index is 904. The van der Waals surface area contributed by atoms with E-state index in [4.69, 9.17) is 0 Å². The molecule has 4 amide bonds. The Morgan fingerprint density at radius 1 is 1.22 bits per heavy atom. The van der Waals surface area contributed by atoms with Crippen LogP contribution in [0.2, 0.25) is 0 Å². The van der Waals surface area contributed by atoms with Gasteiger partial charge in [0.2, 0.25) is 11.8 Å². The van der Waals surface area contributed by atoms with Crippen LogP contribution in [0.3, 0.4) is 0 Å². The van der Waals surface area contributed by atoms with E-state index in [1.54, 1.807) is 6.07 Å². The summed E-state index contributed by atoms with van der Waals surface area (Å²) in [6.07, 6.45) is 1.21. The standard InChI is InChI=1S/C18H17N3O6/c22-13-4-3-12(15(24)19-13)21-8-10-7-9(1-2-11(10)16(21)25)14(23)20-18(5-6-18)17(26)27/h1-2,7,12H,3-6,8H2,(H,20,23)(H,26,27)(H,19,22,24). The summed E-state index contributed by atoms with van der Waals surface area (Å²) >= 11 is 0. The molecule has 4 rings (SSSR count). The molecule has 0 bridgehead atoms. The Morgan fingerprint density at radius 3 is 2.59 bits per heavy atom. The van der Waals surface area contributed by atoms with Gasteiger partial charge in [-0.05, 0) is 43.0 Å². The van der Waals surface area contributed by atoms with Gasteiger partial charge in [0.05, 0.1) is 0 Å². The zero-order valence-corrected chi connectivity index (χ0v) is 14.3. The number of rotatable bonds is 4. The fourth-order valence-electron chi connectivity index (χ4n) is 3.52. The van der Waals surface area contributed by atoms with Crippen molar-refractivity contribution >= 4 is 29.6 Å². The van der Waals surface area contributed by atoms with Crippen molar-refractivity contribution in [3.63, 3.8) is 0 Å². The lowest BCUT2D eigenvalue weighted by atomic mass is 10.0. The molecule has 1 aromatic carbocycles. The number of carbonyl (C=O) groups excluding carboxylic acids is 4. The van der Waals surface area contributed by atoms with Crippen molar-refractivity contribution in [2.24, 2.45) is 0 Å². The minimum absolute atomic E-state index is 0.158. The predicted molar refractivity (Wildman–Crippen MR) is 89.6 cm³/mol. The van der Waals surface area contributed by atoms with E-state index < -0.39 is 29.4 Å². The van der Waals surface area contributed by atoms with Crippen LogP contribution in [0.5, 0.6) is 0 Å². The highest BCUT2D eigenvalue weighted by molar-refractivity contribution is 6.06. The zero-order chi connectivity index (χ0) is 19.3. The van der Waals surface area contributed by atoms with E-state index in [9.17, 15) is 29.1 Å². The largest absolute Gasteiger partial charge is 0.480 e. The molecule has 9 heteroatoms. The van der Waals surface area contributed by atoms with E-state index in [1.165, 1.54) is 17.0 Å². The number of amides is 4. The molecule has 9 nitrogen and oxygen atoms in total. The number of carboxylic acids is 1. The third-order valence-corrected chi connectivity index (χ3v) is 5.30. The summed E-state index contributed by atoms with van der Waals surface area (Å²) in [6.45, 7) is 0.158. The molecule has 1 atom stereocenters. The summed E-state index contributed by atoms with van der Waals surface area (Å²) in [5.41, 5.74) is 0.0670. The van der Waals surface area contributed by atoms with Gasteiger partial charge in [-0.1, -0.05) is 0 Å². The van der Waals surface area contributed by atoms with Crippen molar-refractivity contribution < 1.29 is 29.1 Å². The third kappa shape index (κ3) is 2.84. The summed E-state index contributed by atoms with van der Waals surface area (Å²) in [5.74, 6) is -2.74. The first-order valence-corrected chi connectivity index (χ1v) is 8.64. The second-order valence-electron chi connectivity index (χ2n) is 7.11. The molecule has 1 unspecified atom stereocenters. The molecule has 2 aliphatic heterocycles. The molecular weight excluding hydrogens is 354 g/mol. The van der Waals surface area contributed by atoms with Gasteiger partial charge in [-0.2, -0.15) is 0 Å². The average molecular weight is 371 g/mol. The van der Waals surface area contributed by atoms with Crippen molar-refractivity contribution in [3.05, 3.63) is 34.9 Å². The van der Waals surface area contributed by atoms with Gasteiger partial charge < -0.3 is 15.3 Å². The number of fused-ring (bicyclic) bond motifs is 1. The van der Waals surface area contributed by atoms with Crippen molar-refractivity contribution in [3.8, 4) is 0 Å². The fourth-order valence-corrected chi connectivity index (χ4v) is 3.52. The molecule has 27 heavy (non-hydrogen) atoms. The molecular formula is C18H17N3O6. The van der Waals surface area contributed by atoms with E-state index in [0.29, 0.717) is 24.0 Å². The van der Waals surface area contributed by atoms with Crippen molar-refractivity contribution in [2.45, 2.75) is 43.8 Å². The summed E-state index contributed by atoms with van der Waals surface area (Å²) in [4.78, 5) is 61.0. The third-order valence-electron chi connectivity index (χ3n) is 5.30. The Morgan fingerprint density at radius 2 is 1.96 bits per heavy atom. The van der Waals surface area contributed by atoms with E-state index in [-0.39, 0.29) is 36.8 Å². The highest BCUT2D eigenvalue weighted by atomic mass is 16.4. The van der Waals surface area contributed by atoms with Gasteiger partial charge in [0, 0.05) is 24.1 Å².